The lowest BCUT2D eigenvalue weighted by Crippen LogP contribution is -2.05. The van der Waals surface area contributed by atoms with Crippen molar-refractivity contribution < 1.29 is 14.6 Å². The highest BCUT2D eigenvalue weighted by Gasteiger charge is 2.02. The highest BCUT2D eigenvalue weighted by molar-refractivity contribution is 5.87. The predicted octanol–water partition coefficient (Wildman–Crippen LogP) is 3.78. The molecule has 0 aliphatic heterocycles. The van der Waals surface area contributed by atoms with E-state index in [-0.39, 0.29) is 11.7 Å². The molecule has 2 N–H and O–H groups in total. The highest BCUT2D eigenvalue weighted by Crippen LogP contribution is 2.15. The van der Waals surface area contributed by atoms with E-state index < -0.39 is 5.97 Å². The number of ether oxygens (including phenoxy) is 1. The molecule has 4 nitrogen and oxygen atoms in total. The molecule has 2 rings (SSSR count). The van der Waals surface area contributed by atoms with E-state index in [2.05, 4.69) is 5.32 Å². The molecule has 2 aromatic rings. The van der Waals surface area contributed by atoms with Crippen molar-refractivity contribution in [3.63, 3.8) is 0 Å². The fourth-order valence-electron chi connectivity index (χ4n) is 1.89. The monoisotopic (exact) mass is 285 g/mol. The van der Waals surface area contributed by atoms with Crippen LogP contribution in [0.1, 0.15) is 29.8 Å². The number of nitrogens with one attached hydrogen (secondary N) is 1. The summed E-state index contributed by atoms with van der Waals surface area (Å²) in [6.07, 6.45) is 0.168. The minimum atomic E-state index is -0.915. The van der Waals surface area contributed by atoms with Gasteiger partial charge in [-0.25, -0.2) is 4.79 Å². The Morgan fingerprint density at radius 3 is 2.24 bits per heavy atom. The number of carboxylic acids is 1. The summed E-state index contributed by atoms with van der Waals surface area (Å²) in [6.45, 7) is 4.67. The molecule has 2 aromatic carbocycles. The molecule has 0 amide bonds. The smallest absolute Gasteiger partial charge is 0.335 e. The van der Waals surface area contributed by atoms with Crippen molar-refractivity contribution in [3.8, 4) is 5.75 Å². The number of carbonyl (C=O) groups is 1. The van der Waals surface area contributed by atoms with Crippen LogP contribution in [0.2, 0.25) is 0 Å². The second kappa shape index (κ2) is 6.79. The summed E-state index contributed by atoms with van der Waals surface area (Å²) in [7, 11) is 0. The molecule has 0 heterocycles. The van der Waals surface area contributed by atoms with Crippen LogP contribution in [-0.2, 0) is 6.54 Å². The number of aromatic carboxylic acids is 1. The zero-order chi connectivity index (χ0) is 15.2. The van der Waals surface area contributed by atoms with Gasteiger partial charge in [-0.1, -0.05) is 12.1 Å². The molecule has 0 bridgehead atoms. The second-order valence-corrected chi connectivity index (χ2v) is 5.05. The number of benzene rings is 2. The molecular formula is C17H19NO3. The van der Waals surface area contributed by atoms with Crippen molar-refractivity contribution in [3.05, 3.63) is 59.7 Å². The van der Waals surface area contributed by atoms with Crippen LogP contribution >= 0.6 is 0 Å². The van der Waals surface area contributed by atoms with Crippen LogP contribution in [0.5, 0.6) is 5.75 Å². The first-order valence-corrected chi connectivity index (χ1v) is 6.87. The Kier molecular flexibility index (Phi) is 4.82. The van der Waals surface area contributed by atoms with Gasteiger partial charge in [-0.15, -0.1) is 0 Å². The molecule has 110 valence electrons. The van der Waals surface area contributed by atoms with E-state index in [1.807, 2.05) is 38.1 Å². The third kappa shape index (κ3) is 4.53. The number of carboxylic acid groups (broad SMARTS) is 1. The van der Waals surface area contributed by atoms with Crippen molar-refractivity contribution in [2.45, 2.75) is 26.5 Å². The molecule has 21 heavy (non-hydrogen) atoms. The lowest BCUT2D eigenvalue weighted by Gasteiger charge is -2.11. The van der Waals surface area contributed by atoms with E-state index in [0.717, 1.165) is 17.0 Å². The summed E-state index contributed by atoms with van der Waals surface area (Å²) < 4.78 is 5.59. The van der Waals surface area contributed by atoms with E-state index >= 15 is 0 Å². The van der Waals surface area contributed by atoms with Gasteiger partial charge in [0, 0.05) is 12.2 Å². The average Bonchev–Trinajstić information content (AvgIpc) is 2.46. The normalized spacial score (nSPS) is 10.4. The van der Waals surface area contributed by atoms with Crippen LogP contribution in [0.3, 0.4) is 0 Å². The molecule has 0 saturated heterocycles. The van der Waals surface area contributed by atoms with E-state index in [1.54, 1.807) is 24.3 Å². The minimum absolute atomic E-state index is 0.168. The van der Waals surface area contributed by atoms with Crippen molar-refractivity contribution >= 4 is 11.7 Å². The van der Waals surface area contributed by atoms with Crippen LogP contribution in [0.25, 0.3) is 0 Å². The Morgan fingerprint density at radius 2 is 1.71 bits per heavy atom. The van der Waals surface area contributed by atoms with Crippen LogP contribution in [0.4, 0.5) is 5.69 Å². The van der Waals surface area contributed by atoms with Crippen LogP contribution in [0, 0.1) is 0 Å². The van der Waals surface area contributed by atoms with Gasteiger partial charge in [-0.05, 0) is 55.8 Å². The van der Waals surface area contributed by atoms with E-state index in [0.29, 0.717) is 6.54 Å². The molecule has 0 saturated carbocycles. The van der Waals surface area contributed by atoms with E-state index in [9.17, 15) is 4.79 Å². The number of rotatable bonds is 6. The largest absolute Gasteiger partial charge is 0.491 e. The van der Waals surface area contributed by atoms with Crippen molar-refractivity contribution in [1.29, 1.82) is 0 Å². The topological polar surface area (TPSA) is 58.6 Å². The molecule has 0 fully saturated rings. The van der Waals surface area contributed by atoms with Gasteiger partial charge in [0.15, 0.2) is 0 Å². The van der Waals surface area contributed by atoms with Gasteiger partial charge in [0.2, 0.25) is 0 Å². The maximum absolute atomic E-state index is 10.8. The Labute approximate surface area is 124 Å². The zero-order valence-electron chi connectivity index (χ0n) is 12.2. The predicted molar refractivity (Wildman–Crippen MR) is 82.9 cm³/mol. The SMILES string of the molecule is CC(C)Oc1ccc(CNc2ccc(C(=O)O)cc2)cc1. The highest BCUT2D eigenvalue weighted by atomic mass is 16.5. The first-order valence-electron chi connectivity index (χ1n) is 6.87. The quantitative estimate of drug-likeness (QED) is 0.848. The Hall–Kier alpha value is -2.49. The first kappa shape index (κ1) is 14.9. The molecular weight excluding hydrogens is 266 g/mol. The third-order valence-corrected chi connectivity index (χ3v) is 2.92. The minimum Gasteiger partial charge on any atom is -0.491 e. The molecule has 0 aliphatic carbocycles. The number of hydrogen-bond donors (Lipinski definition) is 2. The van der Waals surface area contributed by atoms with Gasteiger partial charge in [-0.2, -0.15) is 0 Å². The van der Waals surface area contributed by atoms with E-state index in [4.69, 9.17) is 9.84 Å². The molecule has 0 atom stereocenters. The maximum Gasteiger partial charge on any atom is 0.335 e. The molecule has 0 aromatic heterocycles. The number of hydrogen-bond acceptors (Lipinski definition) is 3. The summed E-state index contributed by atoms with van der Waals surface area (Å²) in [4.78, 5) is 10.8. The Morgan fingerprint density at radius 1 is 1.10 bits per heavy atom. The molecule has 0 unspecified atom stereocenters. The van der Waals surface area contributed by atoms with Gasteiger partial charge in [0.25, 0.3) is 0 Å². The van der Waals surface area contributed by atoms with Gasteiger partial charge < -0.3 is 15.2 Å². The van der Waals surface area contributed by atoms with Crippen molar-refractivity contribution in [2.75, 3.05) is 5.32 Å². The molecule has 0 aliphatic rings. The molecule has 4 heteroatoms. The third-order valence-electron chi connectivity index (χ3n) is 2.92. The lowest BCUT2D eigenvalue weighted by molar-refractivity contribution is 0.0697. The average molecular weight is 285 g/mol. The summed E-state index contributed by atoms with van der Waals surface area (Å²) >= 11 is 0. The van der Waals surface area contributed by atoms with Gasteiger partial charge in [0.1, 0.15) is 5.75 Å². The van der Waals surface area contributed by atoms with E-state index in [1.165, 1.54) is 0 Å². The molecule has 0 radical (unpaired) electrons. The Balaban J connectivity index is 1.91. The zero-order valence-corrected chi connectivity index (χ0v) is 12.2. The first-order chi connectivity index (χ1) is 10.0. The van der Waals surface area contributed by atoms with Crippen LogP contribution < -0.4 is 10.1 Å². The fourth-order valence-corrected chi connectivity index (χ4v) is 1.89. The Bertz CT molecular complexity index is 588. The summed E-state index contributed by atoms with van der Waals surface area (Å²) in [5, 5.41) is 12.1. The molecule has 0 spiro atoms. The lowest BCUT2D eigenvalue weighted by atomic mass is 10.2. The van der Waals surface area contributed by atoms with Crippen LogP contribution in [0.15, 0.2) is 48.5 Å². The summed E-state index contributed by atoms with van der Waals surface area (Å²) in [5.41, 5.74) is 2.31. The van der Waals surface area contributed by atoms with Crippen molar-refractivity contribution in [2.24, 2.45) is 0 Å². The van der Waals surface area contributed by atoms with Gasteiger partial charge in [0.05, 0.1) is 11.7 Å². The summed E-state index contributed by atoms with van der Waals surface area (Å²) in [5.74, 6) is -0.0538. The van der Waals surface area contributed by atoms with Gasteiger partial charge in [-0.3, -0.25) is 0 Å². The maximum atomic E-state index is 10.8. The fraction of sp³-hybridized carbons (Fsp3) is 0.235. The standard InChI is InChI=1S/C17H19NO3/c1-12(2)21-16-9-3-13(4-10-16)11-18-15-7-5-14(6-8-15)17(19)20/h3-10,12,18H,11H2,1-2H3,(H,19,20). The summed E-state index contributed by atoms with van der Waals surface area (Å²) in [6, 6.07) is 14.6. The van der Waals surface area contributed by atoms with Crippen molar-refractivity contribution in [1.82, 2.24) is 0 Å². The second-order valence-electron chi connectivity index (χ2n) is 5.05. The number of anilines is 1. The van der Waals surface area contributed by atoms with Crippen LogP contribution in [-0.4, -0.2) is 17.2 Å². The van der Waals surface area contributed by atoms with Gasteiger partial charge >= 0.3 is 5.97 Å².